The van der Waals surface area contributed by atoms with Crippen molar-refractivity contribution in [1.82, 2.24) is 19.7 Å². The second-order valence-electron chi connectivity index (χ2n) is 13.8. The smallest absolute Gasteiger partial charge is 0.320 e. The van der Waals surface area contributed by atoms with Gasteiger partial charge in [0.15, 0.2) is 0 Å². The van der Waals surface area contributed by atoms with Crippen molar-refractivity contribution in [3.63, 3.8) is 0 Å². The summed E-state index contributed by atoms with van der Waals surface area (Å²) in [5, 5.41) is 1.20. The monoisotopic (exact) mass is 602 g/mol. The normalized spacial score (nSPS) is 21.2. The van der Waals surface area contributed by atoms with Crippen LogP contribution in [0.15, 0.2) is 30.8 Å². The minimum absolute atomic E-state index is 0.120. The molecule has 1 amide bonds. The molecule has 3 aromatic rings. The number of thiophene rings is 1. The van der Waals surface area contributed by atoms with Crippen molar-refractivity contribution in [3.05, 3.63) is 52.4 Å². The number of rotatable bonds is 8. The van der Waals surface area contributed by atoms with Crippen molar-refractivity contribution in [2.24, 2.45) is 0 Å². The Bertz CT molecular complexity index is 1500. The van der Waals surface area contributed by atoms with Crippen LogP contribution in [0.4, 0.5) is 0 Å². The zero-order valence-corrected chi connectivity index (χ0v) is 27.2. The highest BCUT2D eigenvalue weighted by molar-refractivity contribution is 7.20. The average Bonchev–Trinajstić information content (AvgIpc) is 3.71. The minimum Gasteiger partial charge on any atom is -0.459 e. The van der Waals surface area contributed by atoms with Gasteiger partial charge in [-0.25, -0.2) is 0 Å². The predicted octanol–water partition coefficient (Wildman–Crippen LogP) is 6.18. The SMILES string of the molecule is C=C(C(=O)N1C2CCC1CC2)c1cc2c(CCN3CCN(CC(=O)OC(C)(C)C)CC3)c(-c3cc(C)cc(C)c3)[nH]c2s1. The fourth-order valence-corrected chi connectivity index (χ4v) is 8.36. The zero-order chi connectivity index (χ0) is 30.5. The zero-order valence-electron chi connectivity index (χ0n) is 26.4. The summed E-state index contributed by atoms with van der Waals surface area (Å²) in [4.78, 5) is 38.5. The molecule has 7 nitrogen and oxygen atoms in total. The Kier molecular flexibility index (Phi) is 8.31. The number of aromatic nitrogens is 1. The minimum atomic E-state index is -0.455. The van der Waals surface area contributed by atoms with E-state index in [4.69, 9.17) is 4.74 Å². The van der Waals surface area contributed by atoms with Crippen molar-refractivity contribution in [2.45, 2.75) is 84.4 Å². The van der Waals surface area contributed by atoms with Crippen LogP contribution in [0.5, 0.6) is 0 Å². The van der Waals surface area contributed by atoms with Crippen LogP contribution in [0.3, 0.4) is 0 Å². The first-order chi connectivity index (χ1) is 20.4. The van der Waals surface area contributed by atoms with E-state index in [-0.39, 0.29) is 11.9 Å². The molecule has 1 N–H and O–H groups in total. The summed E-state index contributed by atoms with van der Waals surface area (Å²) in [7, 11) is 0. The Morgan fingerprint density at radius 3 is 2.16 bits per heavy atom. The number of carbonyl (C=O) groups excluding carboxylic acids is 2. The number of benzene rings is 1. The van der Waals surface area contributed by atoms with E-state index in [1.807, 2.05) is 20.8 Å². The molecule has 3 aliphatic heterocycles. The molecule has 1 aromatic carbocycles. The van der Waals surface area contributed by atoms with Gasteiger partial charge in [0.1, 0.15) is 10.4 Å². The lowest BCUT2D eigenvalue weighted by atomic mass is 9.99. The summed E-state index contributed by atoms with van der Waals surface area (Å²) < 4.78 is 5.53. The van der Waals surface area contributed by atoms with Crippen LogP contribution in [0.1, 0.15) is 68.0 Å². The maximum absolute atomic E-state index is 13.5. The van der Waals surface area contributed by atoms with Crippen molar-refractivity contribution < 1.29 is 14.3 Å². The van der Waals surface area contributed by atoms with Crippen LogP contribution in [-0.2, 0) is 20.7 Å². The first-order valence-corrected chi connectivity index (χ1v) is 16.7. The van der Waals surface area contributed by atoms with Crippen LogP contribution in [0.25, 0.3) is 27.0 Å². The van der Waals surface area contributed by atoms with E-state index >= 15 is 0 Å². The number of aromatic amines is 1. The number of nitrogens with zero attached hydrogens (tertiary/aromatic N) is 3. The second-order valence-corrected chi connectivity index (χ2v) is 14.9. The van der Waals surface area contributed by atoms with Crippen LogP contribution < -0.4 is 0 Å². The third-order valence-electron chi connectivity index (χ3n) is 9.27. The summed E-state index contributed by atoms with van der Waals surface area (Å²) in [5.74, 6) is -0.0336. The van der Waals surface area contributed by atoms with Crippen LogP contribution in [0.2, 0.25) is 0 Å². The molecule has 5 heterocycles. The van der Waals surface area contributed by atoms with Crippen LogP contribution >= 0.6 is 11.3 Å². The Morgan fingerprint density at radius 2 is 1.56 bits per heavy atom. The highest BCUT2D eigenvalue weighted by Gasteiger charge is 2.43. The molecule has 43 heavy (non-hydrogen) atoms. The predicted molar refractivity (Wildman–Crippen MR) is 175 cm³/mol. The van der Waals surface area contributed by atoms with Crippen LogP contribution in [-0.4, -0.2) is 88.5 Å². The average molecular weight is 603 g/mol. The Balaban J connectivity index is 1.19. The van der Waals surface area contributed by atoms with E-state index in [2.05, 4.69) is 64.4 Å². The first-order valence-electron chi connectivity index (χ1n) is 15.9. The van der Waals surface area contributed by atoms with Gasteiger partial charge in [-0.05, 0) is 96.0 Å². The molecule has 0 radical (unpaired) electrons. The number of hydrogen-bond donors (Lipinski definition) is 1. The van der Waals surface area contributed by atoms with E-state index in [1.165, 1.54) is 33.3 Å². The second kappa shape index (κ2) is 11.9. The lowest BCUT2D eigenvalue weighted by Gasteiger charge is -2.34. The standard InChI is InChI=1S/C35H46N4O3S/c1-22-17-23(2)19-25(18-22)32-28(11-12-37-13-15-38(16-14-37)21-31(40)42-35(4,5)6)29-20-30(43-33(29)36-32)24(3)34(41)39-26-7-8-27(39)10-9-26/h17-20,26-27,36H,3,7-16,21H2,1-2,4-6H3. The number of fused-ring (bicyclic) bond motifs is 3. The molecule has 6 rings (SSSR count). The Morgan fingerprint density at radius 1 is 0.953 bits per heavy atom. The molecule has 3 saturated heterocycles. The fourth-order valence-electron chi connectivity index (χ4n) is 7.31. The van der Waals surface area contributed by atoms with Crippen molar-refractivity contribution in [3.8, 4) is 11.3 Å². The van der Waals surface area contributed by atoms with Gasteiger partial charge in [0.05, 0.1) is 12.2 Å². The molecular weight excluding hydrogens is 556 g/mol. The van der Waals surface area contributed by atoms with Gasteiger partial charge in [0.25, 0.3) is 5.91 Å². The maximum Gasteiger partial charge on any atom is 0.320 e. The molecule has 8 heteroatoms. The summed E-state index contributed by atoms with van der Waals surface area (Å²) in [6.45, 7) is 19.2. The Hall–Kier alpha value is -2.94. The number of amides is 1. The van der Waals surface area contributed by atoms with Gasteiger partial charge in [0.2, 0.25) is 0 Å². The molecule has 3 fully saturated rings. The molecule has 0 spiro atoms. The molecule has 3 aliphatic rings. The molecule has 0 unspecified atom stereocenters. The van der Waals surface area contributed by atoms with Gasteiger partial charge in [0, 0.05) is 60.6 Å². The molecule has 0 saturated carbocycles. The number of aryl methyl sites for hydroxylation is 2. The van der Waals surface area contributed by atoms with Gasteiger partial charge in [-0.15, -0.1) is 11.3 Å². The van der Waals surface area contributed by atoms with Crippen molar-refractivity contribution in [1.29, 1.82) is 0 Å². The number of H-pyrrole nitrogens is 1. The van der Waals surface area contributed by atoms with Gasteiger partial charge in [-0.1, -0.05) is 23.8 Å². The quantitative estimate of drug-likeness (QED) is 0.246. The van der Waals surface area contributed by atoms with Gasteiger partial charge in [-0.3, -0.25) is 14.5 Å². The van der Waals surface area contributed by atoms with Gasteiger partial charge in [-0.2, -0.15) is 0 Å². The number of carbonyl (C=O) groups is 2. The third kappa shape index (κ3) is 6.47. The molecule has 230 valence electrons. The summed E-state index contributed by atoms with van der Waals surface area (Å²) in [6.07, 6.45) is 5.43. The van der Waals surface area contributed by atoms with E-state index in [1.54, 1.807) is 11.3 Å². The molecule has 0 atom stereocenters. The highest BCUT2D eigenvalue weighted by atomic mass is 32.1. The largest absolute Gasteiger partial charge is 0.459 e. The lowest BCUT2D eigenvalue weighted by molar-refractivity contribution is -0.156. The maximum atomic E-state index is 13.5. The molecule has 2 aromatic heterocycles. The fraction of sp³-hybridized carbons (Fsp3) is 0.543. The van der Waals surface area contributed by atoms with Crippen LogP contribution in [0, 0.1) is 13.8 Å². The third-order valence-corrected chi connectivity index (χ3v) is 10.4. The highest BCUT2D eigenvalue weighted by Crippen LogP contribution is 2.42. The number of nitrogens with one attached hydrogen (secondary N) is 1. The summed E-state index contributed by atoms with van der Waals surface area (Å²) in [6, 6.07) is 9.73. The van der Waals surface area contributed by atoms with E-state index in [9.17, 15) is 9.59 Å². The molecular formula is C35H46N4O3S. The molecule has 0 aliphatic carbocycles. The first kappa shape index (κ1) is 30.1. The Labute approximate surface area is 259 Å². The van der Waals surface area contributed by atoms with E-state index in [0.717, 1.165) is 74.5 Å². The number of ether oxygens (including phenoxy) is 1. The number of piperazine rings is 1. The topological polar surface area (TPSA) is 68.9 Å². The van der Waals surface area contributed by atoms with Crippen molar-refractivity contribution in [2.75, 3.05) is 39.3 Å². The van der Waals surface area contributed by atoms with Gasteiger partial charge < -0.3 is 19.5 Å². The van der Waals surface area contributed by atoms with E-state index in [0.29, 0.717) is 24.2 Å². The van der Waals surface area contributed by atoms with Crippen molar-refractivity contribution >= 4 is 39.0 Å². The molecule has 2 bridgehead atoms. The van der Waals surface area contributed by atoms with E-state index < -0.39 is 5.60 Å². The number of esters is 1. The summed E-state index contributed by atoms with van der Waals surface area (Å²) >= 11 is 1.66. The number of hydrogen-bond acceptors (Lipinski definition) is 6. The summed E-state index contributed by atoms with van der Waals surface area (Å²) in [5.41, 5.74) is 6.37. The lowest BCUT2D eigenvalue weighted by Crippen LogP contribution is -2.49. The van der Waals surface area contributed by atoms with Gasteiger partial charge >= 0.3 is 5.97 Å².